The van der Waals surface area contributed by atoms with E-state index < -0.39 is 0 Å². The Morgan fingerprint density at radius 3 is 2.90 bits per heavy atom. The van der Waals surface area contributed by atoms with Crippen LogP contribution in [0.3, 0.4) is 0 Å². The zero-order chi connectivity index (χ0) is 14.4. The number of carbonyl (C=O) groups is 1. The topological polar surface area (TPSA) is 64.3 Å². The van der Waals surface area contributed by atoms with Gasteiger partial charge in [-0.25, -0.2) is 5.84 Å². The van der Waals surface area contributed by atoms with Crippen LogP contribution in [-0.2, 0) is 17.8 Å². The summed E-state index contributed by atoms with van der Waals surface area (Å²) in [6.45, 7) is 1.19. The monoisotopic (exact) mass is 354 g/mol. The molecular formula is C14H15BrN2O2S. The number of amides is 1. The lowest BCUT2D eigenvalue weighted by Crippen LogP contribution is -2.29. The van der Waals surface area contributed by atoms with Crippen molar-refractivity contribution in [2.45, 2.75) is 13.0 Å². The van der Waals surface area contributed by atoms with Crippen LogP contribution < -0.4 is 11.3 Å². The zero-order valence-electron chi connectivity index (χ0n) is 10.8. The predicted octanol–water partition coefficient (Wildman–Crippen LogP) is 2.87. The van der Waals surface area contributed by atoms with Crippen LogP contribution in [0.5, 0.6) is 0 Å². The lowest BCUT2D eigenvalue weighted by atomic mass is 10.1. The van der Waals surface area contributed by atoms with Gasteiger partial charge in [0.2, 0.25) is 0 Å². The zero-order valence-corrected chi connectivity index (χ0v) is 13.2. The fourth-order valence-corrected chi connectivity index (χ4v) is 2.88. The summed E-state index contributed by atoms with van der Waals surface area (Å²) in [4.78, 5) is 12.7. The number of halogens is 1. The number of nitrogens with two attached hydrogens (primary N) is 1. The van der Waals surface area contributed by atoms with Crippen molar-refractivity contribution in [3.8, 4) is 0 Å². The predicted molar refractivity (Wildman–Crippen MR) is 83.5 cm³/mol. The van der Waals surface area contributed by atoms with Gasteiger partial charge in [-0.05, 0) is 29.1 Å². The van der Waals surface area contributed by atoms with E-state index in [2.05, 4.69) is 32.8 Å². The number of nitrogen functional groups attached to an aromatic ring is 1. The first-order valence-corrected chi connectivity index (χ1v) is 7.77. The van der Waals surface area contributed by atoms with Gasteiger partial charge in [-0.1, -0.05) is 28.1 Å². The summed E-state index contributed by atoms with van der Waals surface area (Å²) >= 11 is 5.17. The number of carbonyl (C=O) groups excluding carboxylic acids is 1. The molecular weight excluding hydrogens is 340 g/mol. The third kappa shape index (κ3) is 4.14. The molecule has 106 valence electrons. The number of hydrazine groups is 1. The summed E-state index contributed by atoms with van der Waals surface area (Å²) in [5, 5.41) is 2.06. The van der Waals surface area contributed by atoms with E-state index >= 15 is 0 Å². The Labute approximate surface area is 130 Å². The van der Waals surface area contributed by atoms with Crippen LogP contribution in [0.2, 0.25) is 0 Å². The second-order valence-corrected chi connectivity index (χ2v) is 6.05. The molecule has 0 atom stereocenters. The highest BCUT2D eigenvalue weighted by molar-refractivity contribution is 9.10. The Bertz CT molecular complexity index is 573. The maximum atomic E-state index is 11.4. The molecule has 0 fully saturated rings. The maximum absolute atomic E-state index is 11.4. The lowest BCUT2D eigenvalue weighted by Gasteiger charge is -2.07. The maximum Gasteiger partial charge on any atom is 0.265 e. The van der Waals surface area contributed by atoms with E-state index in [4.69, 9.17) is 10.6 Å². The molecule has 1 aromatic carbocycles. The molecule has 0 aliphatic rings. The number of thiophene rings is 1. The number of benzene rings is 1. The molecule has 0 aliphatic carbocycles. The first-order valence-electron chi connectivity index (χ1n) is 6.10. The molecule has 0 saturated heterocycles. The van der Waals surface area contributed by atoms with Crippen molar-refractivity contribution in [3.63, 3.8) is 0 Å². The largest absolute Gasteiger partial charge is 0.376 e. The molecule has 3 N–H and O–H groups in total. The average Bonchev–Trinajstić information content (AvgIpc) is 2.97. The van der Waals surface area contributed by atoms with Gasteiger partial charge < -0.3 is 4.74 Å². The molecule has 1 amide bonds. The summed E-state index contributed by atoms with van der Waals surface area (Å²) < 4.78 is 6.49. The normalized spacial score (nSPS) is 10.5. The molecule has 2 rings (SSSR count). The van der Waals surface area contributed by atoms with Gasteiger partial charge in [-0.2, -0.15) is 0 Å². The minimum atomic E-state index is -0.309. The Morgan fingerprint density at radius 2 is 2.25 bits per heavy atom. The molecule has 1 aromatic heterocycles. The minimum Gasteiger partial charge on any atom is -0.376 e. The smallest absolute Gasteiger partial charge is 0.265 e. The van der Waals surface area contributed by atoms with Crippen LogP contribution in [0.25, 0.3) is 0 Å². The highest BCUT2D eigenvalue weighted by Gasteiger charge is 2.07. The fourth-order valence-electron chi connectivity index (χ4n) is 1.70. The van der Waals surface area contributed by atoms with E-state index in [-0.39, 0.29) is 5.91 Å². The number of hydrogen-bond donors (Lipinski definition) is 2. The standard InChI is InChI=1S/C14H15BrN2O2S/c15-13-8-10(14(18)17-16)3-4-11(13)9-19-6-5-12-2-1-7-20-12/h1-4,7-8H,5-6,9,16H2,(H,17,18). The molecule has 20 heavy (non-hydrogen) atoms. The quantitative estimate of drug-likeness (QED) is 0.363. The van der Waals surface area contributed by atoms with Crippen LogP contribution in [-0.4, -0.2) is 12.5 Å². The van der Waals surface area contributed by atoms with Gasteiger partial charge in [-0.3, -0.25) is 10.2 Å². The second kappa shape index (κ2) is 7.54. The lowest BCUT2D eigenvalue weighted by molar-refractivity contribution is 0.0953. The molecule has 2 aromatic rings. The average molecular weight is 355 g/mol. The van der Waals surface area contributed by atoms with E-state index in [1.165, 1.54) is 4.88 Å². The Kier molecular flexibility index (Phi) is 5.72. The SMILES string of the molecule is NNC(=O)c1ccc(COCCc2cccs2)c(Br)c1. The molecule has 0 radical (unpaired) electrons. The molecule has 0 saturated carbocycles. The second-order valence-electron chi connectivity index (χ2n) is 4.16. The third-order valence-electron chi connectivity index (χ3n) is 2.78. The first-order chi connectivity index (χ1) is 9.70. The van der Waals surface area contributed by atoms with Gasteiger partial charge >= 0.3 is 0 Å². The van der Waals surface area contributed by atoms with Crippen molar-refractivity contribution in [1.82, 2.24) is 5.43 Å². The molecule has 0 unspecified atom stereocenters. The van der Waals surface area contributed by atoms with Crippen LogP contribution >= 0.6 is 27.3 Å². The number of rotatable bonds is 6. The van der Waals surface area contributed by atoms with E-state index in [1.807, 2.05) is 12.1 Å². The van der Waals surface area contributed by atoms with Crippen LogP contribution in [0.4, 0.5) is 0 Å². The minimum absolute atomic E-state index is 0.309. The van der Waals surface area contributed by atoms with Crippen molar-refractivity contribution in [1.29, 1.82) is 0 Å². The molecule has 0 spiro atoms. The Hall–Kier alpha value is -1.21. The van der Waals surface area contributed by atoms with Gasteiger partial charge in [0.1, 0.15) is 0 Å². The van der Waals surface area contributed by atoms with E-state index in [0.717, 1.165) is 16.5 Å². The fraction of sp³-hybridized carbons (Fsp3) is 0.214. The van der Waals surface area contributed by atoms with Crippen LogP contribution in [0.15, 0.2) is 40.2 Å². The van der Waals surface area contributed by atoms with E-state index in [9.17, 15) is 4.79 Å². The number of ether oxygens (including phenoxy) is 1. The number of hydrogen-bond acceptors (Lipinski definition) is 4. The molecule has 4 nitrogen and oxygen atoms in total. The molecule has 0 aliphatic heterocycles. The molecule has 1 heterocycles. The summed E-state index contributed by atoms with van der Waals surface area (Å²) in [5.41, 5.74) is 3.63. The molecule has 0 bridgehead atoms. The van der Waals surface area contributed by atoms with Crippen molar-refractivity contribution in [3.05, 3.63) is 56.2 Å². The van der Waals surface area contributed by atoms with Crippen LogP contribution in [0.1, 0.15) is 20.8 Å². The summed E-state index contributed by atoms with van der Waals surface area (Å²) in [6, 6.07) is 9.47. The van der Waals surface area contributed by atoms with Crippen molar-refractivity contribution in [2.75, 3.05) is 6.61 Å². The molecule has 6 heteroatoms. The van der Waals surface area contributed by atoms with Gasteiger partial charge in [0.05, 0.1) is 13.2 Å². The first kappa shape index (κ1) is 15.2. The summed E-state index contributed by atoms with van der Waals surface area (Å²) in [7, 11) is 0. The van der Waals surface area contributed by atoms with Gasteiger partial charge in [-0.15, -0.1) is 11.3 Å². The van der Waals surface area contributed by atoms with E-state index in [0.29, 0.717) is 18.8 Å². The van der Waals surface area contributed by atoms with Crippen molar-refractivity contribution < 1.29 is 9.53 Å². The number of nitrogens with one attached hydrogen (secondary N) is 1. The highest BCUT2D eigenvalue weighted by Crippen LogP contribution is 2.20. The highest BCUT2D eigenvalue weighted by atomic mass is 79.9. The van der Waals surface area contributed by atoms with Gasteiger partial charge in [0.15, 0.2) is 0 Å². The Morgan fingerprint density at radius 1 is 1.40 bits per heavy atom. The third-order valence-corrected chi connectivity index (χ3v) is 4.45. The summed E-state index contributed by atoms with van der Waals surface area (Å²) in [6.07, 6.45) is 0.920. The van der Waals surface area contributed by atoms with Gasteiger partial charge in [0, 0.05) is 21.3 Å². The van der Waals surface area contributed by atoms with Crippen LogP contribution in [0, 0.1) is 0 Å². The summed E-state index contributed by atoms with van der Waals surface area (Å²) in [5.74, 6) is 4.79. The van der Waals surface area contributed by atoms with Crippen molar-refractivity contribution >= 4 is 33.2 Å². The van der Waals surface area contributed by atoms with E-state index in [1.54, 1.807) is 23.5 Å². The Balaban J connectivity index is 1.85. The van der Waals surface area contributed by atoms with Crippen molar-refractivity contribution in [2.24, 2.45) is 5.84 Å². The van der Waals surface area contributed by atoms with Gasteiger partial charge in [0.25, 0.3) is 5.91 Å².